The van der Waals surface area contributed by atoms with Crippen molar-refractivity contribution in [3.63, 3.8) is 0 Å². The van der Waals surface area contributed by atoms with E-state index in [1.807, 2.05) is 29.4 Å². The van der Waals surface area contributed by atoms with E-state index in [-0.39, 0.29) is 0 Å². The smallest absolute Gasteiger partial charge is 0.169 e. The van der Waals surface area contributed by atoms with Crippen molar-refractivity contribution < 1.29 is 0 Å². The van der Waals surface area contributed by atoms with Gasteiger partial charge in [0.1, 0.15) is 0 Å². The molecule has 0 amide bonds. The average Bonchev–Trinajstić information content (AvgIpc) is 2.71. The topological polar surface area (TPSA) is 74.6 Å². The minimum absolute atomic E-state index is 0.305. The van der Waals surface area contributed by atoms with E-state index in [0.717, 1.165) is 17.1 Å². The first-order chi connectivity index (χ1) is 7.99. The molecule has 0 aliphatic heterocycles. The molecule has 0 aliphatic carbocycles. The number of rotatable bonds is 3. The van der Waals surface area contributed by atoms with Gasteiger partial charge in [0.05, 0.1) is 23.6 Å². The predicted molar refractivity (Wildman–Crippen MR) is 65.6 cm³/mol. The molecule has 2 N–H and O–H groups in total. The summed E-state index contributed by atoms with van der Waals surface area (Å²) in [6, 6.07) is 2.04. The van der Waals surface area contributed by atoms with Crippen molar-refractivity contribution in [3.8, 4) is 0 Å². The Morgan fingerprint density at radius 1 is 1.41 bits per heavy atom. The Bertz CT molecular complexity index is 522. The first-order valence-corrected chi connectivity index (χ1v) is 5.67. The molecule has 0 atom stereocenters. The number of anilines is 1. The molecule has 0 spiro atoms. The van der Waals surface area contributed by atoms with Crippen molar-refractivity contribution >= 4 is 5.82 Å². The Morgan fingerprint density at radius 2 is 2.12 bits per heavy atom. The highest BCUT2D eigenvalue weighted by molar-refractivity contribution is 5.35. The molecule has 2 aromatic heterocycles. The summed E-state index contributed by atoms with van der Waals surface area (Å²) in [7, 11) is 1.93. The first kappa shape index (κ1) is 11.6. The zero-order valence-corrected chi connectivity index (χ0v) is 10.7. The highest BCUT2D eigenvalue weighted by atomic mass is 15.5. The van der Waals surface area contributed by atoms with Crippen molar-refractivity contribution in [3.05, 3.63) is 23.1 Å². The lowest BCUT2D eigenvalue weighted by Gasteiger charge is -2.09. The summed E-state index contributed by atoms with van der Waals surface area (Å²) in [5.41, 5.74) is 8.89. The van der Waals surface area contributed by atoms with Crippen LogP contribution < -0.4 is 5.73 Å². The van der Waals surface area contributed by atoms with E-state index in [9.17, 15) is 0 Å². The fourth-order valence-electron chi connectivity index (χ4n) is 2.01. The van der Waals surface area contributed by atoms with E-state index < -0.39 is 0 Å². The Kier molecular flexibility index (Phi) is 2.87. The molecule has 17 heavy (non-hydrogen) atoms. The van der Waals surface area contributed by atoms with E-state index >= 15 is 0 Å². The van der Waals surface area contributed by atoms with Crippen molar-refractivity contribution in [2.24, 2.45) is 7.05 Å². The molecule has 0 aliphatic rings. The standard InChI is InChI=1S/C11H18N6/c1-7(2)10-11(12)13-15-17(10)6-9-5-8(3)14-16(9)4/h5,7H,6,12H2,1-4H3. The van der Waals surface area contributed by atoms with Crippen molar-refractivity contribution in [2.45, 2.75) is 33.2 Å². The van der Waals surface area contributed by atoms with Crippen LogP contribution in [0.15, 0.2) is 6.07 Å². The normalized spacial score (nSPS) is 11.4. The van der Waals surface area contributed by atoms with E-state index in [1.54, 1.807) is 0 Å². The van der Waals surface area contributed by atoms with Gasteiger partial charge >= 0.3 is 0 Å². The Hall–Kier alpha value is -1.85. The van der Waals surface area contributed by atoms with Gasteiger partial charge in [-0.15, -0.1) is 5.10 Å². The van der Waals surface area contributed by atoms with E-state index in [2.05, 4.69) is 29.3 Å². The van der Waals surface area contributed by atoms with E-state index in [1.165, 1.54) is 0 Å². The molecule has 0 bridgehead atoms. The zero-order valence-electron chi connectivity index (χ0n) is 10.7. The van der Waals surface area contributed by atoms with Gasteiger partial charge in [0.2, 0.25) is 0 Å². The molecule has 0 saturated heterocycles. The molecule has 0 unspecified atom stereocenters. The molecular weight excluding hydrogens is 216 g/mol. The monoisotopic (exact) mass is 234 g/mol. The summed E-state index contributed by atoms with van der Waals surface area (Å²) in [4.78, 5) is 0. The highest BCUT2D eigenvalue weighted by Gasteiger charge is 2.15. The lowest BCUT2D eigenvalue weighted by atomic mass is 10.1. The second kappa shape index (κ2) is 4.20. The van der Waals surface area contributed by atoms with Gasteiger partial charge in [-0.25, -0.2) is 4.68 Å². The number of nitrogens with zero attached hydrogens (tertiary/aromatic N) is 5. The summed E-state index contributed by atoms with van der Waals surface area (Å²) in [5.74, 6) is 0.818. The van der Waals surface area contributed by atoms with Crippen molar-refractivity contribution in [1.82, 2.24) is 24.8 Å². The van der Waals surface area contributed by atoms with Crippen LogP contribution >= 0.6 is 0 Å². The number of hydrogen-bond acceptors (Lipinski definition) is 4. The van der Waals surface area contributed by atoms with Gasteiger partial charge in [0.15, 0.2) is 5.82 Å². The number of nitrogens with two attached hydrogens (primary N) is 1. The molecule has 6 nitrogen and oxygen atoms in total. The van der Waals surface area contributed by atoms with E-state index in [0.29, 0.717) is 18.3 Å². The third-order valence-electron chi connectivity index (χ3n) is 2.76. The van der Waals surface area contributed by atoms with Crippen LogP contribution in [0, 0.1) is 6.92 Å². The minimum atomic E-state index is 0.305. The summed E-state index contributed by atoms with van der Waals surface area (Å²) < 4.78 is 3.70. The van der Waals surface area contributed by atoms with Crippen LogP contribution in [0.5, 0.6) is 0 Å². The maximum Gasteiger partial charge on any atom is 0.169 e. The molecule has 6 heteroatoms. The second-order valence-corrected chi connectivity index (χ2v) is 4.57. The molecule has 0 fully saturated rings. The van der Waals surface area contributed by atoms with Crippen molar-refractivity contribution in [1.29, 1.82) is 0 Å². The van der Waals surface area contributed by atoms with Crippen LogP contribution in [0.2, 0.25) is 0 Å². The number of nitrogen functional groups attached to an aromatic ring is 1. The second-order valence-electron chi connectivity index (χ2n) is 4.57. The van der Waals surface area contributed by atoms with Gasteiger partial charge < -0.3 is 5.73 Å². The summed E-state index contributed by atoms with van der Waals surface area (Å²) in [5, 5.41) is 12.3. The fourth-order valence-corrected chi connectivity index (χ4v) is 2.01. The lowest BCUT2D eigenvalue weighted by Crippen LogP contribution is -2.11. The lowest BCUT2D eigenvalue weighted by molar-refractivity contribution is 0.565. The SMILES string of the molecule is Cc1cc(Cn2nnc(N)c2C(C)C)n(C)n1. The van der Waals surface area contributed by atoms with Gasteiger partial charge in [-0.2, -0.15) is 5.10 Å². The quantitative estimate of drug-likeness (QED) is 0.862. The Labute approximate surface area is 100 Å². The Morgan fingerprint density at radius 3 is 2.65 bits per heavy atom. The van der Waals surface area contributed by atoms with Crippen LogP contribution in [0.1, 0.15) is 36.8 Å². The predicted octanol–water partition coefficient (Wildman–Crippen LogP) is 1.07. The zero-order chi connectivity index (χ0) is 12.6. The van der Waals surface area contributed by atoms with Crippen LogP contribution in [-0.2, 0) is 13.6 Å². The molecule has 2 rings (SSSR count). The van der Waals surface area contributed by atoms with Crippen LogP contribution in [0.3, 0.4) is 0 Å². The molecule has 2 aromatic rings. The third-order valence-corrected chi connectivity index (χ3v) is 2.76. The maximum absolute atomic E-state index is 5.82. The molecule has 0 radical (unpaired) electrons. The molecule has 92 valence electrons. The van der Waals surface area contributed by atoms with Gasteiger partial charge in [-0.05, 0) is 18.9 Å². The molecule has 0 aromatic carbocycles. The van der Waals surface area contributed by atoms with Crippen LogP contribution in [-0.4, -0.2) is 24.8 Å². The number of hydrogen-bond donors (Lipinski definition) is 1. The van der Waals surface area contributed by atoms with Crippen molar-refractivity contribution in [2.75, 3.05) is 5.73 Å². The van der Waals surface area contributed by atoms with Gasteiger partial charge in [-0.3, -0.25) is 4.68 Å². The molecule has 0 saturated carbocycles. The highest BCUT2D eigenvalue weighted by Crippen LogP contribution is 2.20. The number of aryl methyl sites for hydroxylation is 2. The van der Waals surface area contributed by atoms with Crippen LogP contribution in [0.4, 0.5) is 5.82 Å². The van der Waals surface area contributed by atoms with Gasteiger partial charge in [0.25, 0.3) is 0 Å². The van der Waals surface area contributed by atoms with Gasteiger partial charge in [0, 0.05) is 7.05 Å². The third kappa shape index (κ3) is 2.15. The molecular formula is C11H18N6. The summed E-state index contributed by atoms with van der Waals surface area (Å²) >= 11 is 0. The molecule has 2 heterocycles. The summed E-state index contributed by atoms with van der Waals surface area (Å²) in [6.45, 7) is 6.79. The summed E-state index contributed by atoms with van der Waals surface area (Å²) in [6.07, 6.45) is 0. The van der Waals surface area contributed by atoms with E-state index in [4.69, 9.17) is 5.73 Å². The largest absolute Gasteiger partial charge is 0.381 e. The van der Waals surface area contributed by atoms with Crippen LogP contribution in [0.25, 0.3) is 0 Å². The first-order valence-electron chi connectivity index (χ1n) is 5.67. The number of aromatic nitrogens is 5. The minimum Gasteiger partial charge on any atom is -0.381 e. The average molecular weight is 234 g/mol. The maximum atomic E-state index is 5.82. The Balaban J connectivity index is 2.33. The fraction of sp³-hybridized carbons (Fsp3) is 0.545. The van der Waals surface area contributed by atoms with Gasteiger partial charge in [-0.1, -0.05) is 19.1 Å².